The Bertz CT molecular complexity index is 995. The highest BCUT2D eigenvalue weighted by molar-refractivity contribution is 7.92. The molecule has 24 heavy (non-hydrogen) atoms. The lowest BCUT2D eigenvalue weighted by atomic mass is 10.2. The average Bonchev–Trinajstić information content (AvgIpc) is 2.95. The molecule has 3 aromatic rings. The van der Waals surface area contributed by atoms with Crippen LogP contribution in [0, 0.1) is 13.8 Å². The Morgan fingerprint density at radius 3 is 2.58 bits per heavy atom. The first-order valence-electron chi connectivity index (χ1n) is 7.30. The molecule has 0 saturated carbocycles. The van der Waals surface area contributed by atoms with Crippen LogP contribution in [0.1, 0.15) is 11.1 Å². The van der Waals surface area contributed by atoms with Gasteiger partial charge in [0.05, 0.1) is 4.90 Å². The van der Waals surface area contributed by atoms with Crippen molar-refractivity contribution in [3.05, 3.63) is 53.6 Å². The van der Waals surface area contributed by atoms with Crippen molar-refractivity contribution in [1.29, 1.82) is 0 Å². The summed E-state index contributed by atoms with van der Waals surface area (Å²) in [6.45, 7) is 3.63. The van der Waals surface area contributed by atoms with E-state index in [0.717, 1.165) is 11.1 Å². The zero-order valence-electron chi connectivity index (χ0n) is 13.6. The van der Waals surface area contributed by atoms with Crippen molar-refractivity contribution in [1.82, 2.24) is 20.2 Å². The Kier molecular flexibility index (Phi) is 4.06. The largest absolute Gasteiger partial charge is 0.280 e. The molecular weight excluding hydrogens is 326 g/mol. The van der Waals surface area contributed by atoms with Gasteiger partial charge < -0.3 is 0 Å². The van der Waals surface area contributed by atoms with Gasteiger partial charge in [0.1, 0.15) is 0 Å². The third kappa shape index (κ3) is 3.13. The van der Waals surface area contributed by atoms with Gasteiger partial charge in [-0.2, -0.15) is 0 Å². The molecule has 2 aromatic carbocycles. The number of nitrogens with one attached hydrogen (secondary N) is 1. The monoisotopic (exact) mass is 343 g/mol. The number of aromatic nitrogens is 4. The Hall–Kier alpha value is -2.74. The average molecular weight is 343 g/mol. The normalized spacial score (nSPS) is 11.5. The van der Waals surface area contributed by atoms with E-state index < -0.39 is 10.0 Å². The molecule has 0 atom stereocenters. The highest BCUT2D eigenvalue weighted by atomic mass is 32.2. The van der Waals surface area contributed by atoms with Gasteiger partial charge in [-0.1, -0.05) is 24.3 Å². The first-order chi connectivity index (χ1) is 11.4. The van der Waals surface area contributed by atoms with Crippen molar-refractivity contribution in [3.8, 4) is 11.4 Å². The van der Waals surface area contributed by atoms with Crippen LogP contribution in [0.25, 0.3) is 11.4 Å². The third-order valence-electron chi connectivity index (χ3n) is 3.63. The number of nitrogens with zero attached hydrogens (tertiary/aromatic N) is 4. The number of rotatable bonds is 4. The fraction of sp³-hybridized carbons (Fsp3) is 0.188. The van der Waals surface area contributed by atoms with Gasteiger partial charge in [0.2, 0.25) is 0 Å². The maximum Gasteiger partial charge on any atom is 0.262 e. The molecule has 1 heterocycles. The van der Waals surface area contributed by atoms with E-state index in [1.807, 2.05) is 19.1 Å². The van der Waals surface area contributed by atoms with Crippen molar-refractivity contribution in [3.63, 3.8) is 0 Å². The molecule has 7 nitrogen and oxygen atoms in total. The lowest BCUT2D eigenvalue weighted by Gasteiger charge is -2.12. The lowest BCUT2D eigenvalue weighted by Crippen LogP contribution is -2.14. The van der Waals surface area contributed by atoms with E-state index in [-0.39, 0.29) is 4.90 Å². The van der Waals surface area contributed by atoms with Crippen LogP contribution in [-0.2, 0) is 17.1 Å². The van der Waals surface area contributed by atoms with Crippen LogP contribution in [0.5, 0.6) is 0 Å². The number of hydrogen-bond donors (Lipinski definition) is 1. The molecule has 0 aliphatic carbocycles. The van der Waals surface area contributed by atoms with Gasteiger partial charge in [-0.3, -0.25) is 4.72 Å². The summed E-state index contributed by atoms with van der Waals surface area (Å²) in [6.07, 6.45) is 0. The molecule has 1 N–H and O–H groups in total. The molecule has 0 unspecified atom stereocenters. The van der Waals surface area contributed by atoms with Gasteiger partial charge in [0, 0.05) is 18.3 Å². The first-order valence-corrected chi connectivity index (χ1v) is 8.78. The number of anilines is 1. The third-order valence-corrected chi connectivity index (χ3v) is 5.15. The molecular formula is C16H17N5O2S. The van der Waals surface area contributed by atoms with Crippen molar-refractivity contribution >= 4 is 15.7 Å². The Labute approximate surface area is 140 Å². The predicted molar refractivity (Wildman–Crippen MR) is 91.0 cm³/mol. The van der Waals surface area contributed by atoms with E-state index >= 15 is 0 Å². The topological polar surface area (TPSA) is 89.8 Å². The maximum atomic E-state index is 12.7. The van der Waals surface area contributed by atoms with Crippen LogP contribution < -0.4 is 4.72 Å². The first kappa shape index (κ1) is 16.1. The standard InChI is InChI=1S/C16H17N5O2S/c1-11-7-8-12(2)15(9-11)24(22,23)18-14-6-4-5-13(10-14)16-17-19-20-21(16)3/h4-10,18H,1-3H3. The van der Waals surface area contributed by atoms with Crippen LogP contribution in [0.4, 0.5) is 5.69 Å². The van der Waals surface area contributed by atoms with Crippen molar-refractivity contribution in [2.24, 2.45) is 7.05 Å². The predicted octanol–water partition coefficient (Wildman–Crippen LogP) is 2.29. The molecule has 0 fully saturated rings. The molecule has 124 valence electrons. The van der Waals surface area contributed by atoms with Gasteiger partial charge in [0.25, 0.3) is 10.0 Å². The van der Waals surface area contributed by atoms with E-state index in [2.05, 4.69) is 20.2 Å². The summed E-state index contributed by atoms with van der Waals surface area (Å²) >= 11 is 0. The van der Waals surface area contributed by atoms with Crippen molar-refractivity contribution in [2.75, 3.05) is 4.72 Å². The zero-order chi connectivity index (χ0) is 17.3. The molecule has 0 radical (unpaired) electrons. The van der Waals surface area contributed by atoms with Gasteiger partial charge in [-0.05, 0) is 53.6 Å². The van der Waals surface area contributed by atoms with Gasteiger partial charge in [-0.15, -0.1) is 5.10 Å². The number of tetrazole rings is 1. The van der Waals surface area contributed by atoms with E-state index in [1.54, 1.807) is 44.3 Å². The van der Waals surface area contributed by atoms with Crippen LogP contribution >= 0.6 is 0 Å². The summed E-state index contributed by atoms with van der Waals surface area (Å²) in [7, 11) is -1.95. The second kappa shape index (κ2) is 6.04. The quantitative estimate of drug-likeness (QED) is 0.785. The van der Waals surface area contributed by atoms with Gasteiger partial charge in [-0.25, -0.2) is 13.1 Å². The number of benzene rings is 2. The minimum Gasteiger partial charge on any atom is -0.280 e. The van der Waals surface area contributed by atoms with Crippen molar-refractivity contribution in [2.45, 2.75) is 18.7 Å². The van der Waals surface area contributed by atoms with Crippen LogP contribution in [-0.4, -0.2) is 28.6 Å². The molecule has 0 amide bonds. The second-order valence-electron chi connectivity index (χ2n) is 5.58. The summed E-state index contributed by atoms with van der Waals surface area (Å²) in [6, 6.07) is 12.3. The Morgan fingerprint density at radius 1 is 1.08 bits per heavy atom. The van der Waals surface area contributed by atoms with E-state index in [0.29, 0.717) is 17.1 Å². The molecule has 0 bridgehead atoms. The molecule has 0 spiro atoms. The Morgan fingerprint density at radius 2 is 1.88 bits per heavy atom. The SMILES string of the molecule is Cc1ccc(C)c(S(=O)(=O)Nc2cccc(-c3nnnn3C)c2)c1. The van der Waals surface area contributed by atoms with E-state index in [1.165, 1.54) is 4.68 Å². The minimum atomic E-state index is -3.67. The fourth-order valence-electron chi connectivity index (χ4n) is 2.40. The highest BCUT2D eigenvalue weighted by Crippen LogP contribution is 2.24. The smallest absolute Gasteiger partial charge is 0.262 e. The van der Waals surface area contributed by atoms with Crippen LogP contribution in [0.3, 0.4) is 0 Å². The zero-order valence-corrected chi connectivity index (χ0v) is 14.4. The van der Waals surface area contributed by atoms with Crippen molar-refractivity contribution < 1.29 is 8.42 Å². The van der Waals surface area contributed by atoms with Gasteiger partial charge >= 0.3 is 0 Å². The summed E-state index contributed by atoms with van der Waals surface area (Å²) < 4.78 is 29.5. The molecule has 0 aliphatic rings. The van der Waals surface area contributed by atoms with Crippen LogP contribution in [0.2, 0.25) is 0 Å². The number of sulfonamides is 1. The molecule has 0 saturated heterocycles. The Balaban J connectivity index is 1.96. The summed E-state index contributed by atoms with van der Waals surface area (Å²) in [5, 5.41) is 11.3. The van der Waals surface area contributed by atoms with Gasteiger partial charge in [0.15, 0.2) is 5.82 Å². The van der Waals surface area contributed by atoms with Crippen LogP contribution in [0.15, 0.2) is 47.4 Å². The molecule has 1 aromatic heterocycles. The summed E-state index contributed by atoms with van der Waals surface area (Å²) in [4.78, 5) is 0.272. The van der Waals surface area contributed by atoms with E-state index in [4.69, 9.17) is 0 Å². The molecule has 0 aliphatic heterocycles. The molecule has 8 heteroatoms. The highest BCUT2D eigenvalue weighted by Gasteiger charge is 2.17. The maximum absolute atomic E-state index is 12.7. The second-order valence-corrected chi connectivity index (χ2v) is 7.23. The summed E-state index contributed by atoms with van der Waals surface area (Å²) in [5.41, 5.74) is 2.77. The van der Waals surface area contributed by atoms with E-state index in [9.17, 15) is 8.42 Å². The lowest BCUT2D eigenvalue weighted by molar-refractivity contribution is 0.600. The fourth-order valence-corrected chi connectivity index (χ4v) is 3.78. The number of hydrogen-bond acceptors (Lipinski definition) is 5. The minimum absolute atomic E-state index is 0.272. The number of aryl methyl sites for hydroxylation is 3. The summed E-state index contributed by atoms with van der Waals surface area (Å²) in [5.74, 6) is 0.558. The molecule has 3 rings (SSSR count).